The summed E-state index contributed by atoms with van der Waals surface area (Å²) in [5.41, 5.74) is 0.443. The Balaban J connectivity index is 2.16. The zero-order valence-corrected chi connectivity index (χ0v) is 10.3. The van der Waals surface area contributed by atoms with Crippen LogP contribution in [0.25, 0.3) is 0 Å². The van der Waals surface area contributed by atoms with E-state index >= 15 is 0 Å². The van der Waals surface area contributed by atoms with Crippen LogP contribution in [0.5, 0.6) is 0 Å². The molecule has 0 radical (unpaired) electrons. The molecule has 0 aromatic heterocycles. The van der Waals surface area contributed by atoms with Crippen molar-refractivity contribution in [3.05, 3.63) is 12.2 Å². The number of hydrogen-bond donors (Lipinski definition) is 0. The van der Waals surface area contributed by atoms with Crippen molar-refractivity contribution >= 4 is 12.4 Å². The Morgan fingerprint density at radius 3 is 2.24 bits per heavy atom. The number of hydrogen-bond acceptors (Lipinski definition) is 4. The van der Waals surface area contributed by atoms with Gasteiger partial charge in [0, 0.05) is 5.57 Å². The Morgan fingerprint density at radius 2 is 1.76 bits per heavy atom. The van der Waals surface area contributed by atoms with Crippen molar-refractivity contribution in [3.8, 4) is 0 Å². The summed E-state index contributed by atoms with van der Waals surface area (Å²) >= 11 is 0. The SMILES string of the molecule is C=C(C)C(=O)OCC1CCC(COC=O)CC1. The topological polar surface area (TPSA) is 52.6 Å². The first-order valence-electron chi connectivity index (χ1n) is 6.01. The van der Waals surface area contributed by atoms with E-state index in [9.17, 15) is 9.59 Å². The van der Waals surface area contributed by atoms with Crippen LogP contribution in [-0.2, 0) is 19.1 Å². The van der Waals surface area contributed by atoms with Crippen LogP contribution in [0.3, 0.4) is 0 Å². The van der Waals surface area contributed by atoms with E-state index in [1.165, 1.54) is 0 Å². The zero-order chi connectivity index (χ0) is 12.7. The molecule has 1 fully saturated rings. The average molecular weight is 240 g/mol. The van der Waals surface area contributed by atoms with Gasteiger partial charge in [0.15, 0.2) is 0 Å². The monoisotopic (exact) mass is 240 g/mol. The highest BCUT2D eigenvalue weighted by Crippen LogP contribution is 2.29. The highest BCUT2D eigenvalue weighted by molar-refractivity contribution is 5.86. The van der Waals surface area contributed by atoms with Crippen molar-refractivity contribution in [2.75, 3.05) is 13.2 Å². The van der Waals surface area contributed by atoms with Gasteiger partial charge >= 0.3 is 5.97 Å². The molecule has 0 amide bonds. The third-order valence-corrected chi connectivity index (χ3v) is 3.16. The molecule has 0 aromatic rings. The average Bonchev–Trinajstić information content (AvgIpc) is 2.34. The van der Waals surface area contributed by atoms with Crippen molar-refractivity contribution < 1.29 is 19.1 Å². The lowest BCUT2D eigenvalue weighted by molar-refractivity contribution is -0.141. The molecule has 0 atom stereocenters. The van der Waals surface area contributed by atoms with Gasteiger partial charge < -0.3 is 9.47 Å². The lowest BCUT2D eigenvalue weighted by atomic mass is 9.83. The van der Waals surface area contributed by atoms with Crippen LogP contribution in [0.1, 0.15) is 32.6 Å². The minimum Gasteiger partial charge on any atom is -0.468 e. The Kier molecular flexibility index (Phi) is 5.73. The molecular weight excluding hydrogens is 220 g/mol. The van der Waals surface area contributed by atoms with Crippen molar-refractivity contribution in [1.29, 1.82) is 0 Å². The quantitative estimate of drug-likeness (QED) is 0.405. The minimum atomic E-state index is -0.309. The normalized spacial score (nSPS) is 23.8. The van der Waals surface area contributed by atoms with Crippen LogP contribution >= 0.6 is 0 Å². The Hall–Kier alpha value is -1.32. The van der Waals surface area contributed by atoms with Gasteiger partial charge in [0.05, 0.1) is 13.2 Å². The molecule has 0 N–H and O–H groups in total. The van der Waals surface area contributed by atoms with Crippen LogP contribution in [0, 0.1) is 11.8 Å². The van der Waals surface area contributed by atoms with Gasteiger partial charge in [-0.05, 0) is 44.4 Å². The number of carbonyl (C=O) groups is 2. The van der Waals surface area contributed by atoms with E-state index in [0.29, 0.717) is 37.1 Å². The summed E-state index contributed by atoms with van der Waals surface area (Å²) in [5, 5.41) is 0. The number of rotatable bonds is 6. The maximum atomic E-state index is 11.2. The van der Waals surface area contributed by atoms with E-state index < -0.39 is 0 Å². The first kappa shape index (κ1) is 13.7. The second-order valence-corrected chi connectivity index (χ2v) is 4.70. The molecule has 4 heteroatoms. The molecule has 0 unspecified atom stereocenters. The van der Waals surface area contributed by atoms with Crippen LogP contribution in [0.2, 0.25) is 0 Å². The molecule has 1 aliphatic rings. The summed E-state index contributed by atoms with van der Waals surface area (Å²) in [6, 6.07) is 0. The molecule has 0 heterocycles. The molecule has 0 spiro atoms. The molecular formula is C13H20O4. The van der Waals surface area contributed by atoms with Crippen LogP contribution < -0.4 is 0 Å². The molecule has 0 saturated heterocycles. The summed E-state index contributed by atoms with van der Waals surface area (Å²) in [7, 11) is 0. The van der Waals surface area contributed by atoms with Gasteiger partial charge in [0.2, 0.25) is 0 Å². The van der Waals surface area contributed by atoms with Gasteiger partial charge in [-0.2, -0.15) is 0 Å². The summed E-state index contributed by atoms with van der Waals surface area (Å²) in [4.78, 5) is 21.3. The van der Waals surface area contributed by atoms with Crippen molar-refractivity contribution in [2.24, 2.45) is 11.8 Å². The molecule has 17 heavy (non-hydrogen) atoms. The smallest absolute Gasteiger partial charge is 0.333 e. The minimum absolute atomic E-state index is 0.309. The second kappa shape index (κ2) is 7.09. The van der Waals surface area contributed by atoms with Gasteiger partial charge in [0.1, 0.15) is 0 Å². The molecule has 1 rings (SSSR count). The zero-order valence-electron chi connectivity index (χ0n) is 10.3. The maximum absolute atomic E-state index is 11.2. The Bertz CT molecular complexity index is 277. The first-order valence-corrected chi connectivity index (χ1v) is 6.01. The van der Waals surface area contributed by atoms with E-state index in [2.05, 4.69) is 6.58 Å². The van der Waals surface area contributed by atoms with Gasteiger partial charge in [-0.1, -0.05) is 6.58 Å². The number of carbonyl (C=O) groups excluding carboxylic acids is 2. The van der Waals surface area contributed by atoms with Gasteiger partial charge in [-0.3, -0.25) is 4.79 Å². The van der Waals surface area contributed by atoms with E-state index in [-0.39, 0.29) is 5.97 Å². The fourth-order valence-electron chi connectivity index (χ4n) is 2.06. The lowest BCUT2D eigenvalue weighted by Gasteiger charge is -2.27. The van der Waals surface area contributed by atoms with Crippen LogP contribution in [0.4, 0.5) is 0 Å². The molecule has 4 nitrogen and oxygen atoms in total. The summed E-state index contributed by atoms with van der Waals surface area (Å²) in [6.45, 7) is 6.68. The highest BCUT2D eigenvalue weighted by Gasteiger charge is 2.22. The highest BCUT2D eigenvalue weighted by atomic mass is 16.5. The predicted octanol–water partition coefficient (Wildman–Crippen LogP) is 2.09. The molecule has 1 aliphatic carbocycles. The summed E-state index contributed by atoms with van der Waals surface area (Å²) in [5.74, 6) is 0.593. The predicted molar refractivity (Wildman–Crippen MR) is 63.2 cm³/mol. The molecule has 0 bridgehead atoms. The van der Waals surface area contributed by atoms with E-state index in [0.717, 1.165) is 25.7 Å². The maximum Gasteiger partial charge on any atom is 0.333 e. The molecule has 1 saturated carbocycles. The summed E-state index contributed by atoms with van der Waals surface area (Å²) < 4.78 is 9.89. The second-order valence-electron chi connectivity index (χ2n) is 4.70. The Morgan fingerprint density at radius 1 is 1.24 bits per heavy atom. The van der Waals surface area contributed by atoms with Crippen molar-refractivity contribution in [2.45, 2.75) is 32.6 Å². The fourth-order valence-corrected chi connectivity index (χ4v) is 2.06. The molecule has 96 valence electrons. The summed E-state index contributed by atoms with van der Waals surface area (Å²) in [6.07, 6.45) is 4.11. The third kappa shape index (κ3) is 5.02. The van der Waals surface area contributed by atoms with Crippen molar-refractivity contribution in [1.82, 2.24) is 0 Å². The third-order valence-electron chi connectivity index (χ3n) is 3.16. The lowest BCUT2D eigenvalue weighted by Crippen LogP contribution is -2.22. The van der Waals surface area contributed by atoms with Crippen LogP contribution in [0.15, 0.2) is 12.2 Å². The standard InChI is InChI=1S/C13H20O4/c1-10(2)13(15)17-8-12-5-3-11(4-6-12)7-16-9-14/h9,11-12H,1,3-8H2,2H3. The van der Waals surface area contributed by atoms with E-state index in [1.807, 2.05) is 0 Å². The van der Waals surface area contributed by atoms with Gasteiger partial charge in [0.25, 0.3) is 6.47 Å². The fraction of sp³-hybridized carbons (Fsp3) is 0.692. The van der Waals surface area contributed by atoms with E-state index in [4.69, 9.17) is 9.47 Å². The molecule has 0 aromatic carbocycles. The van der Waals surface area contributed by atoms with Crippen LogP contribution in [-0.4, -0.2) is 25.7 Å². The van der Waals surface area contributed by atoms with Crippen molar-refractivity contribution in [3.63, 3.8) is 0 Å². The van der Waals surface area contributed by atoms with E-state index in [1.54, 1.807) is 6.92 Å². The Labute approximate surface area is 102 Å². The molecule has 0 aliphatic heterocycles. The van der Waals surface area contributed by atoms with Gasteiger partial charge in [-0.15, -0.1) is 0 Å². The first-order chi connectivity index (χ1) is 8.13. The van der Waals surface area contributed by atoms with Gasteiger partial charge in [-0.25, -0.2) is 4.79 Å². The number of esters is 1. The number of ether oxygens (including phenoxy) is 2. The largest absolute Gasteiger partial charge is 0.468 e.